The van der Waals surface area contributed by atoms with Gasteiger partial charge in [0.15, 0.2) is 5.78 Å². The van der Waals surface area contributed by atoms with Gasteiger partial charge in [-0.25, -0.2) is 4.79 Å². The lowest BCUT2D eigenvalue weighted by Gasteiger charge is -2.17. The molecule has 0 saturated carbocycles. The summed E-state index contributed by atoms with van der Waals surface area (Å²) in [5.41, 5.74) is 0.523. The number of amides is 1. The molecule has 1 amide bonds. The molecule has 0 fully saturated rings. The number of hydrogen-bond acceptors (Lipinski definition) is 4. The van der Waals surface area contributed by atoms with E-state index in [-0.39, 0.29) is 24.7 Å². The summed E-state index contributed by atoms with van der Waals surface area (Å²) >= 11 is 0. The fourth-order valence-electron chi connectivity index (χ4n) is 3.23. The molecule has 1 aromatic rings. The molecule has 0 spiro atoms. The van der Waals surface area contributed by atoms with Crippen LogP contribution < -0.4 is 5.32 Å². The number of benzene rings is 1. The molecule has 0 aromatic heterocycles. The first-order valence-electron chi connectivity index (χ1n) is 11.1. The summed E-state index contributed by atoms with van der Waals surface area (Å²) in [6, 6.07) is 7.84. The van der Waals surface area contributed by atoms with E-state index in [1.165, 1.54) is 38.5 Å². The molecule has 0 saturated heterocycles. The van der Waals surface area contributed by atoms with Crippen molar-refractivity contribution in [2.45, 2.75) is 90.5 Å². The summed E-state index contributed by atoms with van der Waals surface area (Å²) in [6.07, 6.45) is 10.9. The van der Waals surface area contributed by atoms with Crippen molar-refractivity contribution in [3.05, 3.63) is 35.9 Å². The Labute approximate surface area is 175 Å². The van der Waals surface area contributed by atoms with Crippen LogP contribution in [0.3, 0.4) is 0 Å². The van der Waals surface area contributed by atoms with Crippen LogP contribution >= 0.6 is 0 Å². The van der Waals surface area contributed by atoms with E-state index in [1.54, 1.807) is 31.2 Å². The molecule has 1 atom stereocenters. The van der Waals surface area contributed by atoms with E-state index in [2.05, 4.69) is 12.2 Å². The minimum atomic E-state index is -0.936. The van der Waals surface area contributed by atoms with E-state index >= 15 is 0 Å². The van der Waals surface area contributed by atoms with Gasteiger partial charge in [-0.05, 0) is 13.3 Å². The van der Waals surface area contributed by atoms with E-state index in [0.717, 1.165) is 19.3 Å². The van der Waals surface area contributed by atoms with Crippen LogP contribution in [-0.2, 0) is 14.3 Å². The highest BCUT2D eigenvalue weighted by Crippen LogP contribution is 2.11. The van der Waals surface area contributed by atoms with Gasteiger partial charge in [0.1, 0.15) is 6.04 Å². The van der Waals surface area contributed by atoms with E-state index in [9.17, 15) is 14.4 Å². The Morgan fingerprint density at radius 3 is 2.03 bits per heavy atom. The number of ether oxygens (including phenoxy) is 1. The molecule has 162 valence electrons. The molecule has 0 bridgehead atoms. The summed E-state index contributed by atoms with van der Waals surface area (Å²) < 4.78 is 5.03. The zero-order chi connectivity index (χ0) is 21.3. The third-order valence-electron chi connectivity index (χ3n) is 4.90. The molecule has 1 unspecified atom stereocenters. The van der Waals surface area contributed by atoms with Crippen molar-refractivity contribution in [3.63, 3.8) is 0 Å². The number of rotatable bonds is 16. The van der Waals surface area contributed by atoms with Gasteiger partial charge in [-0.2, -0.15) is 0 Å². The van der Waals surface area contributed by atoms with E-state index in [1.807, 2.05) is 6.07 Å². The van der Waals surface area contributed by atoms with Gasteiger partial charge < -0.3 is 10.1 Å². The highest BCUT2D eigenvalue weighted by Gasteiger charge is 2.25. The zero-order valence-electron chi connectivity index (χ0n) is 18.1. The standard InChI is InChI=1S/C24H37NO4/c1-3-5-6-7-8-9-10-11-15-18-23(27)25-21(24(28)29-4-2)19-22(26)20-16-13-12-14-17-20/h12-14,16-17,21H,3-11,15,18-19H2,1-2H3,(H,25,27). The second kappa shape index (κ2) is 15.7. The van der Waals surface area contributed by atoms with Crippen molar-refractivity contribution < 1.29 is 19.1 Å². The lowest BCUT2D eigenvalue weighted by molar-refractivity contribution is -0.147. The van der Waals surface area contributed by atoms with Crippen molar-refractivity contribution in [1.29, 1.82) is 0 Å². The van der Waals surface area contributed by atoms with Gasteiger partial charge in [-0.3, -0.25) is 9.59 Å². The average molecular weight is 404 g/mol. The minimum Gasteiger partial charge on any atom is -0.464 e. The van der Waals surface area contributed by atoms with Gasteiger partial charge in [0.2, 0.25) is 5.91 Å². The molecule has 0 aliphatic carbocycles. The monoisotopic (exact) mass is 403 g/mol. The normalized spacial score (nSPS) is 11.7. The van der Waals surface area contributed by atoms with Crippen molar-refractivity contribution in [3.8, 4) is 0 Å². The van der Waals surface area contributed by atoms with Crippen LogP contribution in [0.25, 0.3) is 0 Å². The van der Waals surface area contributed by atoms with Crippen molar-refractivity contribution in [1.82, 2.24) is 5.32 Å². The molecular formula is C24H37NO4. The van der Waals surface area contributed by atoms with Crippen LogP contribution in [0.4, 0.5) is 0 Å². The molecule has 5 nitrogen and oxygen atoms in total. The second-order valence-corrected chi connectivity index (χ2v) is 7.44. The fourth-order valence-corrected chi connectivity index (χ4v) is 3.23. The summed E-state index contributed by atoms with van der Waals surface area (Å²) in [6.45, 7) is 4.14. The topological polar surface area (TPSA) is 72.5 Å². The molecule has 29 heavy (non-hydrogen) atoms. The molecule has 0 aliphatic heterocycles. The van der Waals surface area contributed by atoms with Gasteiger partial charge in [0, 0.05) is 18.4 Å². The summed E-state index contributed by atoms with van der Waals surface area (Å²) in [4.78, 5) is 36.8. The number of carbonyl (C=O) groups excluding carboxylic acids is 3. The Kier molecular flexibility index (Phi) is 13.5. The Morgan fingerprint density at radius 2 is 1.45 bits per heavy atom. The average Bonchev–Trinajstić information content (AvgIpc) is 2.72. The van der Waals surface area contributed by atoms with Gasteiger partial charge >= 0.3 is 5.97 Å². The predicted octanol–water partition coefficient (Wildman–Crippen LogP) is 5.23. The van der Waals surface area contributed by atoms with Crippen LogP contribution in [0, 0.1) is 0 Å². The van der Waals surface area contributed by atoms with Crippen LogP contribution in [0.5, 0.6) is 0 Å². The number of ketones is 1. The molecule has 1 N–H and O–H groups in total. The fraction of sp³-hybridized carbons (Fsp3) is 0.625. The Bertz CT molecular complexity index is 600. The number of esters is 1. The van der Waals surface area contributed by atoms with E-state index in [0.29, 0.717) is 12.0 Å². The second-order valence-electron chi connectivity index (χ2n) is 7.44. The third-order valence-corrected chi connectivity index (χ3v) is 4.90. The van der Waals surface area contributed by atoms with E-state index in [4.69, 9.17) is 4.74 Å². The predicted molar refractivity (Wildman–Crippen MR) is 116 cm³/mol. The third kappa shape index (κ3) is 11.4. The van der Waals surface area contributed by atoms with E-state index < -0.39 is 12.0 Å². The van der Waals surface area contributed by atoms with Gasteiger partial charge in [0.05, 0.1) is 6.61 Å². The minimum absolute atomic E-state index is 0.0909. The van der Waals surface area contributed by atoms with Crippen molar-refractivity contribution in [2.75, 3.05) is 6.61 Å². The number of hydrogen-bond donors (Lipinski definition) is 1. The van der Waals surface area contributed by atoms with Crippen LogP contribution in [0.2, 0.25) is 0 Å². The molecule has 1 aromatic carbocycles. The molecule has 5 heteroatoms. The summed E-state index contributed by atoms with van der Waals surface area (Å²) in [5.74, 6) is -0.948. The van der Waals surface area contributed by atoms with Gasteiger partial charge in [-0.15, -0.1) is 0 Å². The molecule has 0 aliphatic rings. The number of carbonyl (C=O) groups is 3. The molecular weight excluding hydrogens is 366 g/mol. The first-order chi connectivity index (χ1) is 14.1. The lowest BCUT2D eigenvalue weighted by Crippen LogP contribution is -2.43. The molecule has 0 radical (unpaired) electrons. The maximum Gasteiger partial charge on any atom is 0.329 e. The van der Waals surface area contributed by atoms with Gasteiger partial charge in [0.25, 0.3) is 0 Å². The first-order valence-corrected chi connectivity index (χ1v) is 11.1. The number of nitrogens with one attached hydrogen (secondary N) is 1. The lowest BCUT2D eigenvalue weighted by atomic mass is 10.0. The Hall–Kier alpha value is -2.17. The maximum atomic E-state index is 12.4. The quantitative estimate of drug-likeness (QED) is 0.233. The Morgan fingerprint density at radius 1 is 0.862 bits per heavy atom. The largest absolute Gasteiger partial charge is 0.464 e. The van der Waals surface area contributed by atoms with Crippen molar-refractivity contribution >= 4 is 17.7 Å². The number of Topliss-reactive ketones (excluding diaryl/α,β-unsaturated/α-hetero) is 1. The zero-order valence-corrected chi connectivity index (χ0v) is 18.1. The highest BCUT2D eigenvalue weighted by molar-refractivity contribution is 5.99. The van der Waals surface area contributed by atoms with Crippen LogP contribution in [0.1, 0.15) is 94.8 Å². The first kappa shape index (κ1) is 24.9. The van der Waals surface area contributed by atoms with Gasteiger partial charge in [-0.1, -0.05) is 88.6 Å². The highest BCUT2D eigenvalue weighted by atomic mass is 16.5. The Balaban J connectivity index is 2.35. The maximum absolute atomic E-state index is 12.4. The smallest absolute Gasteiger partial charge is 0.329 e. The molecule has 1 rings (SSSR count). The molecule has 0 heterocycles. The summed E-state index contributed by atoms with van der Waals surface area (Å²) in [5, 5.41) is 2.69. The van der Waals surface area contributed by atoms with Crippen LogP contribution in [-0.4, -0.2) is 30.3 Å². The number of unbranched alkanes of at least 4 members (excludes halogenated alkanes) is 8. The van der Waals surface area contributed by atoms with Crippen molar-refractivity contribution in [2.24, 2.45) is 0 Å². The summed E-state index contributed by atoms with van der Waals surface area (Å²) in [7, 11) is 0. The SMILES string of the molecule is CCCCCCCCCCCC(=O)NC(CC(=O)c1ccccc1)C(=O)OCC. The van der Waals surface area contributed by atoms with Crippen LogP contribution in [0.15, 0.2) is 30.3 Å².